The Kier molecular flexibility index (Phi) is 4.48. The van der Waals surface area contributed by atoms with Crippen molar-refractivity contribution < 1.29 is 9.59 Å². The molecule has 7 nitrogen and oxygen atoms in total. The summed E-state index contributed by atoms with van der Waals surface area (Å²) in [4.78, 5) is 30.6. The van der Waals surface area contributed by atoms with Crippen LogP contribution in [0.25, 0.3) is 0 Å². The largest absolute Gasteiger partial charge is 0.336 e. The molecule has 134 valence electrons. The minimum atomic E-state index is -0.0862. The fourth-order valence-corrected chi connectivity index (χ4v) is 4.01. The van der Waals surface area contributed by atoms with E-state index in [1.54, 1.807) is 4.90 Å². The van der Waals surface area contributed by atoms with Crippen molar-refractivity contribution in [2.75, 3.05) is 49.5 Å². The molecule has 0 spiro atoms. The zero-order chi connectivity index (χ0) is 17.2. The molecule has 3 aliphatic heterocycles. The van der Waals surface area contributed by atoms with Gasteiger partial charge in [0.1, 0.15) is 0 Å². The van der Waals surface area contributed by atoms with E-state index in [0.29, 0.717) is 19.1 Å². The Morgan fingerprint density at radius 3 is 2.92 bits per heavy atom. The van der Waals surface area contributed by atoms with Crippen LogP contribution >= 0.6 is 0 Å². The molecule has 0 aliphatic carbocycles. The number of urea groups is 2. The van der Waals surface area contributed by atoms with Gasteiger partial charge < -0.3 is 15.5 Å². The summed E-state index contributed by atoms with van der Waals surface area (Å²) in [5.41, 5.74) is 1.54. The lowest BCUT2D eigenvalue weighted by Crippen LogP contribution is -2.56. The Bertz CT molecular complexity index is 665. The first-order valence-electron chi connectivity index (χ1n) is 9.16. The lowest BCUT2D eigenvalue weighted by molar-refractivity contribution is 0.0678. The molecule has 1 aromatic rings. The Balaban J connectivity index is 1.40. The molecule has 3 saturated heterocycles. The van der Waals surface area contributed by atoms with Crippen molar-refractivity contribution in [3.63, 3.8) is 0 Å². The van der Waals surface area contributed by atoms with Gasteiger partial charge in [-0.2, -0.15) is 0 Å². The van der Waals surface area contributed by atoms with E-state index in [4.69, 9.17) is 0 Å². The van der Waals surface area contributed by atoms with Crippen molar-refractivity contribution in [3.05, 3.63) is 24.3 Å². The number of hydrogen-bond acceptors (Lipinski definition) is 3. The van der Waals surface area contributed by atoms with E-state index in [9.17, 15) is 9.59 Å². The molecule has 2 N–H and O–H groups in total. The van der Waals surface area contributed by atoms with E-state index < -0.39 is 0 Å². The van der Waals surface area contributed by atoms with Gasteiger partial charge in [-0.1, -0.05) is 12.5 Å². The highest BCUT2D eigenvalue weighted by Crippen LogP contribution is 2.23. The highest BCUT2D eigenvalue weighted by molar-refractivity contribution is 5.95. The van der Waals surface area contributed by atoms with Crippen LogP contribution < -0.4 is 15.5 Å². The van der Waals surface area contributed by atoms with Gasteiger partial charge in [0.25, 0.3) is 0 Å². The van der Waals surface area contributed by atoms with Crippen LogP contribution in [0.1, 0.15) is 19.3 Å². The summed E-state index contributed by atoms with van der Waals surface area (Å²) in [5.74, 6) is 0. The second-order valence-electron chi connectivity index (χ2n) is 7.00. The number of nitrogens with one attached hydrogen (secondary N) is 2. The number of carbonyl (C=O) groups is 2. The summed E-state index contributed by atoms with van der Waals surface area (Å²) in [5, 5.41) is 5.79. The van der Waals surface area contributed by atoms with Crippen molar-refractivity contribution in [2.24, 2.45) is 0 Å². The second kappa shape index (κ2) is 6.92. The third-order valence-electron chi connectivity index (χ3n) is 5.39. The van der Waals surface area contributed by atoms with Gasteiger partial charge in [0.2, 0.25) is 0 Å². The van der Waals surface area contributed by atoms with Crippen molar-refractivity contribution in [2.45, 2.75) is 25.3 Å². The van der Waals surface area contributed by atoms with Crippen LogP contribution in [0.4, 0.5) is 21.0 Å². The zero-order valence-corrected chi connectivity index (χ0v) is 14.4. The SMILES string of the molecule is O=C(Nc1cccc(N2CCNC2=O)c1)N1CCN2CCCCC2C1. The molecule has 1 atom stereocenters. The third-order valence-corrected chi connectivity index (χ3v) is 5.39. The number of carbonyl (C=O) groups excluding carboxylic acids is 2. The number of piperazine rings is 1. The lowest BCUT2D eigenvalue weighted by Gasteiger charge is -2.43. The van der Waals surface area contributed by atoms with Crippen molar-refractivity contribution in [1.82, 2.24) is 15.1 Å². The molecule has 3 fully saturated rings. The minimum Gasteiger partial charge on any atom is -0.336 e. The first-order chi connectivity index (χ1) is 12.2. The van der Waals surface area contributed by atoms with E-state index in [0.717, 1.165) is 31.0 Å². The fraction of sp³-hybridized carbons (Fsp3) is 0.556. The summed E-state index contributed by atoms with van der Waals surface area (Å²) in [7, 11) is 0. The average Bonchev–Trinajstić information content (AvgIpc) is 3.07. The third kappa shape index (κ3) is 3.42. The average molecular weight is 343 g/mol. The number of nitrogens with zero attached hydrogens (tertiary/aromatic N) is 3. The molecule has 3 heterocycles. The van der Waals surface area contributed by atoms with Gasteiger partial charge in [-0.05, 0) is 37.6 Å². The van der Waals surface area contributed by atoms with Crippen LogP contribution in [0.5, 0.6) is 0 Å². The summed E-state index contributed by atoms with van der Waals surface area (Å²) < 4.78 is 0. The van der Waals surface area contributed by atoms with Crippen LogP contribution in [-0.2, 0) is 0 Å². The summed E-state index contributed by atoms with van der Waals surface area (Å²) in [6, 6.07) is 7.86. The van der Waals surface area contributed by atoms with Gasteiger partial charge >= 0.3 is 12.1 Å². The second-order valence-corrected chi connectivity index (χ2v) is 7.00. The van der Waals surface area contributed by atoms with Gasteiger partial charge in [0.15, 0.2) is 0 Å². The first kappa shape index (κ1) is 16.2. The Hall–Kier alpha value is -2.28. The molecule has 4 rings (SSSR count). The Labute approximate surface area is 147 Å². The van der Waals surface area contributed by atoms with Crippen LogP contribution in [-0.4, -0.2) is 67.2 Å². The maximum atomic E-state index is 12.6. The van der Waals surface area contributed by atoms with Gasteiger partial charge in [0, 0.05) is 50.1 Å². The quantitative estimate of drug-likeness (QED) is 0.862. The zero-order valence-electron chi connectivity index (χ0n) is 14.4. The Morgan fingerprint density at radius 1 is 1.16 bits per heavy atom. The first-order valence-corrected chi connectivity index (χ1v) is 9.16. The molecule has 3 aliphatic rings. The molecule has 25 heavy (non-hydrogen) atoms. The molecule has 0 saturated carbocycles. The number of benzene rings is 1. The fourth-order valence-electron chi connectivity index (χ4n) is 4.01. The van der Waals surface area contributed by atoms with E-state index in [1.165, 1.54) is 25.8 Å². The van der Waals surface area contributed by atoms with Gasteiger partial charge in [-0.15, -0.1) is 0 Å². The maximum absolute atomic E-state index is 12.6. The van der Waals surface area contributed by atoms with Crippen molar-refractivity contribution in [1.29, 1.82) is 0 Å². The topological polar surface area (TPSA) is 67.9 Å². The van der Waals surface area contributed by atoms with E-state index in [-0.39, 0.29) is 12.1 Å². The van der Waals surface area contributed by atoms with Gasteiger partial charge in [-0.25, -0.2) is 9.59 Å². The van der Waals surface area contributed by atoms with E-state index in [2.05, 4.69) is 15.5 Å². The molecular formula is C18H25N5O2. The lowest BCUT2D eigenvalue weighted by atomic mass is 10.00. The smallest absolute Gasteiger partial charge is 0.321 e. The van der Waals surface area contributed by atoms with Crippen LogP contribution in [0.2, 0.25) is 0 Å². The number of amides is 4. The standard InChI is InChI=1S/C18H25N5O2/c24-17-19-7-9-23(17)15-6-3-4-14(12-15)20-18(25)22-11-10-21-8-2-1-5-16(21)13-22/h3-4,6,12,16H,1-2,5,7-11,13H2,(H,19,24)(H,20,25). The van der Waals surface area contributed by atoms with Crippen LogP contribution in [0.15, 0.2) is 24.3 Å². The molecule has 0 radical (unpaired) electrons. The minimum absolute atomic E-state index is 0.0479. The monoisotopic (exact) mass is 343 g/mol. The molecular weight excluding hydrogens is 318 g/mol. The van der Waals surface area contributed by atoms with Crippen molar-refractivity contribution in [3.8, 4) is 0 Å². The van der Waals surface area contributed by atoms with Crippen LogP contribution in [0.3, 0.4) is 0 Å². The molecule has 0 aromatic heterocycles. The molecule has 1 unspecified atom stereocenters. The highest BCUT2D eigenvalue weighted by Gasteiger charge is 2.31. The van der Waals surface area contributed by atoms with Crippen molar-refractivity contribution >= 4 is 23.4 Å². The number of rotatable bonds is 2. The van der Waals surface area contributed by atoms with Gasteiger partial charge in [-0.3, -0.25) is 9.80 Å². The molecule has 4 amide bonds. The predicted molar refractivity (Wildman–Crippen MR) is 97.0 cm³/mol. The molecule has 7 heteroatoms. The summed E-state index contributed by atoms with van der Waals surface area (Å²) in [6.07, 6.45) is 3.72. The predicted octanol–water partition coefficient (Wildman–Crippen LogP) is 1.92. The highest BCUT2D eigenvalue weighted by atomic mass is 16.2. The number of piperidine rings is 1. The number of anilines is 2. The summed E-state index contributed by atoms with van der Waals surface area (Å²) >= 11 is 0. The van der Waals surface area contributed by atoms with Crippen LogP contribution in [0, 0.1) is 0 Å². The maximum Gasteiger partial charge on any atom is 0.321 e. The number of fused-ring (bicyclic) bond motifs is 1. The van der Waals surface area contributed by atoms with Gasteiger partial charge in [0.05, 0.1) is 0 Å². The number of hydrogen-bond donors (Lipinski definition) is 2. The Morgan fingerprint density at radius 2 is 2.08 bits per heavy atom. The molecule has 1 aromatic carbocycles. The normalized spacial score (nSPS) is 24.0. The molecule has 0 bridgehead atoms. The summed E-state index contributed by atoms with van der Waals surface area (Å²) in [6.45, 7) is 5.02. The van der Waals surface area contributed by atoms with E-state index in [1.807, 2.05) is 29.2 Å². The van der Waals surface area contributed by atoms with E-state index >= 15 is 0 Å².